The number of rotatable bonds is 6. The van der Waals surface area contributed by atoms with Crippen LogP contribution in [0.1, 0.15) is 24.5 Å². The lowest BCUT2D eigenvalue weighted by Gasteiger charge is -2.12. The summed E-state index contributed by atoms with van der Waals surface area (Å²) in [4.78, 5) is 4.32. The molecule has 0 aliphatic carbocycles. The average molecular weight is 291 g/mol. The lowest BCUT2D eigenvalue weighted by Crippen LogP contribution is -2.14. The van der Waals surface area contributed by atoms with Gasteiger partial charge in [0.2, 0.25) is 5.88 Å². The van der Waals surface area contributed by atoms with Crippen molar-refractivity contribution in [1.82, 2.24) is 10.3 Å². The van der Waals surface area contributed by atoms with Gasteiger partial charge in [-0.25, -0.2) is 4.98 Å². The van der Waals surface area contributed by atoms with E-state index in [2.05, 4.69) is 17.2 Å². The van der Waals surface area contributed by atoms with E-state index in [1.807, 2.05) is 37.3 Å². The molecule has 0 amide bonds. The van der Waals surface area contributed by atoms with E-state index in [4.69, 9.17) is 16.3 Å². The first kappa shape index (κ1) is 14.8. The smallest absolute Gasteiger partial charge is 0.223 e. The van der Waals surface area contributed by atoms with Crippen molar-refractivity contribution in [3.8, 4) is 11.6 Å². The summed E-state index contributed by atoms with van der Waals surface area (Å²) in [5, 5.41) is 4.02. The normalized spacial score (nSPS) is 10.6. The van der Waals surface area contributed by atoms with Gasteiger partial charge in [-0.15, -0.1) is 0 Å². The molecule has 0 bridgehead atoms. The van der Waals surface area contributed by atoms with Crippen molar-refractivity contribution in [2.45, 2.75) is 26.8 Å². The SMILES string of the molecule is CCCNCc1cccnc1Oc1cc(Cl)ccc1C. The van der Waals surface area contributed by atoms with Crippen LogP contribution in [0, 0.1) is 6.92 Å². The molecule has 0 aliphatic heterocycles. The Balaban J connectivity index is 2.18. The van der Waals surface area contributed by atoms with E-state index in [1.54, 1.807) is 6.20 Å². The molecule has 3 nitrogen and oxygen atoms in total. The summed E-state index contributed by atoms with van der Waals surface area (Å²) in [5.41, 5.74) is 2.08. The molecular formula is C16H19ClN2O. The van der Waals surface area contributed by atoms with E-state index in [0.717, 1.165) is 36.4 Å². The van der Waals surface area contributed by atoms with Crippen LogP contribution in [0.2, 0.25) is 5.02 Å². The van der Waals surface area contributed by atoms with Crippen LogP contribution in [0.15, 0.2) is 36.5 Å². The Labute approximate surface area is 124 Å². The highest BCUT2D eigenvalue weighted by molar-refractivity contribution is 6.30. The Morgan fingerprint density at radius 3 is 2.95 bits per heavy atom. The molecule has 1 aromatic carbocycles. The number of benzene rings is 1. The molecule has 0 unspecified atom stereocenters. The molecule has 106 valence electrons. The second-order valence-electron chi connectivity index (χ2n) is 4.66. The minimum absolute atomic E-state index is 0.626. The van der Waals surface area contributed by atoms with Crippen LogP contribution in [-0.4, -0.2) is 11.5 Å². The standard InChI is InChI=1S/C16H19ClN2O/c1-3-8-18-11-13-5-4-9-19-16(13)20-15-10-14(17)7-6-12(15)2/h4-7,9-10,18H,3,8,11H2,1-2H3. The molecule has 0 saturated carbocycles. The quantitative estimate of drug-likeness (QED) is 0.804. The third-order valence-corrected chi connectivity index (χ3v) is 3.18. The average Bonchev–Trinajstić information content (AvgIpc) is 2.45. The Morgan fingerprint density at radius 2 is 2.15 bits per heavy atom. The monoisotopic (exact) mass is 290 g/mol. The third-order valence-electron chi connectivity index (χ3n) is 2.95. The summed E-state index contributed by atoms with van der Waals surface area (Å²) in [6, 6.07) is 9.54. The largest absolute Gasteiger partial charge is 0.438 e. The van der Waals surface area contributed by atoms with Gasteiger partial charge in [0.1, 0.15) is 5.75 Å². The van der Waals surface area contributed by atoms with Gasteiger partial charge in [-0.1, -0.05) is 30.7 Å². The van der Waals surface area contributed by atoms with Gasteiger partial charge in [-0.05, 0) is 43.7 Å². The second kappa shape index (κ2) is 7.27. The van der Waals surface area contributed by atoms with Gasteiger partial charge in [-0.2, -0.15) is 0 Å². The van der Waals surface area contributed by atoms with Crippen LogP contribution in [-0.2, 0) is 6.54 Å². The zero-order chi connectivity index (χ0) is 14.4. The molecule has 0 fully saturated rings. The maximum atomic E-state index is 6.01. The van der Waals surface area contributed by atoms with Gasteiger partial charge in [0, 0.05) is 23.3 Å². The molecule has 0 radical (unpaired) electrons. The van der Waals surface area contributed by atoms with Crippen molar-refractivity contribution in [2.75, 3.05) is 6.54 Å². The number of nitrogens with zero attached hydrogens (tertiary/aromatic N) is 1. The van der Waals surface area contributed by atoms with E-state index < -0.39 is 0 Å². The number of aryl methyl sites for hydroxylation is 1. The first-order valence-corrected chi connectivity index (χ1v) is 7.17. The van der Waals surface area contributed by atoms with Crippen molar-refractivity contribution >= 4 is 11.6 Å². The highest BCUT2D eigenvalue weighted by atomic mass is 35.5. The highest BCUT2D eigenvalue weighted by Gasteiger charge is 2.08. The summed E-state index contributed by atoms with van der Waals surface area (Å²) in [6.07, 6.45) is 2.84. The van der Waals surface area contributed by atoms with Gasteiger partial charge < -0.3 is 10.1 Å². The summed E-state index contributed by atoms with van der Waals surface area (Å²) < 4.78 is 5.92. The molecule has 1 heterocycles. The fourth-order valence-electron chi connectivity index (χ4n) is 1.84. The van der Waals surface area contributed by atoms with E-state index in [1.165, 1.54) is 0 Å². The second-order valence-corrected chi connectivity index (χ2v) is 5.09. The van der Waals surface area contributed by atoms with Crippen molar-refractivity contribution < 1.29 is 4.74 Å². The Kier molecular flexibility index (Phi) is 5.39. The molecule has 2 rings (SSSR count). The number of pyridine rings is 1. The van der Waals surface area contributed by atoms with Crippen molar-refractivity contribution in [3.63, 3.8) is 0 Å². The van der Waals surface area contributed by atoms with Gasteiger partial charge in [0.15, 0.2) is 0 Å². The van der Waals surface area contributed by atoms with Crippen LogP contribution < -0.4 is 10.1 Å². The number of halogens is 1. The maximum Gasteiger partial charge on any atom is 0.223 e. The minimum atomic E-state index is 0.626. The topological polar surface area (TPSA) is 34.2 Å². The molecule has 20 heavy (non-hydrogen) atoms. The van der Waals surface area contributed by atoms with Gasteiger partial charge in [0.05, 0.1) is 0 Å². The number of nitrogens with one attached hydrogen (secondary N) is 1. The Bertz CT molecular complexity index is 572. The van der Waals surface area contributed by atoms with Crippen LogP contribution in [0.25, 0.3) is 0 Å². The lowest BCUT2D eigenvalue weighted by atomic mass is 10.2. The number of hydrogen-bond donors (Lipinski definition) is 1. The predicted molar refractivity (Wildman–Crippen MR) is 82.5 cm³/mol. The number of hydrogen-bond acceptors (Lipinski definition) is 3. The van der Waals surface area contributed by atoms with Crippen LogP contribution >= 0.6 is 11.6 Å². The molecule has 0 spiro atoms. The van der Waals surface area contributed by atoms with E-state index in [-0.39, 0.29) is 0 Å². The Hall–Kier alpha value is -1.58. The third kappa shape index (κ3) is 3.95. The van der Waals surface area contributed by atoms with Crippen molar-refractivity contribution in [3.05, 3.63) is 52.7 Å². The van der Waals surface area contributed by atoms with Gasteiger partial charge in [0.25, 0.3) is 0 Å². The fraction of sp³-hybridized carbons (Fsp3) is 0.312. The van der Waals surface area contributed by atoms with Gasteiger partial charge in [-0.3, -0.25) is 0 Å². The van der Waals surface area contributed by atoms with Crippen LogP contribution in [0.4, 0.5) is 0 Å². The molecular weight excluding hydrogens is 272 g/mol. The zero-order valence-electron chi connectivity index (χ0n) is 11.8. The van der Waals surface area contributed by atoms with Gasteiger partial charge >= 0.3 is 0 Å². The van der Waals surface area contributed by atoms with Crippen LogP contribution in [0.3, 0.4) is 0 Å². The number of aromatic nitrogens is 1. The summed E-state index contributed by atoms with van der Waals surface area (Å²) in [7, 11) is 0. The predicted octanol–water partition coefficient (Wildman–Crippen LogP) is 4.34. The molecule has 0 saturated heterocycles. The van der Waals surface area contributed by atoms with E-state index >= 15 is 0 Å². The molecule has 4 heteroatoms. The minimum Gasteiger partial charge on any atom is -0.438 e. The summed E-state index contributed by atoms with van der Waals surface area (Å²) in [6.45, 7) is 5.85. The summed E-state index contributed by atoms with van der Waals surface area (Å²) in [5.74, 6) is 1.37. The highest BCUT2D eigenvalue weighted by Crippen LogP contribution is 2.28. The first-order valence-electron chi connectivity index (χ1n) is 6.79. The zero-order valence-corrected chi connectivity index (χ0v) is 12.6. The molecule has 0 atom stereocenters. The van der Waals surface area contributed by atoms with E-state index in [9.17, 15) is 0 Å². The first-order chi connectivity index (χ1) is 9.70. The Morgan fingerprint density at radius 1 is 1.30 bits per heavy atom. The fourth-order valence-corrected chi connectivity index (χ4v) is 2.00. The lowest BCUT2D eigenvalue weighted by molar-refractivity contribution is 0.449. The van der Waals surface area contributed by atoms with Crippen molar-refractivity contribution in [2.24, 2.45) is 0 Å². The van der Waals surface area contributed by atoms with E-state index in [0.29, 0.717) is 10.9 Å². The van der Waals surface area contributed by atoms with Crippen LogP contribution in [0.5, 0.6) is 11.6 Å². The molecule has 1 aromatic heterocycles. The maximum absolute atomic E-state index is 6.01. The molecule has 2 aromatic rings. The number of ether oxygens (including phenoxy) is 1. The molecule has 1 N–H and O–H groups in total. The van der Waals surface area contributed by atoms with Crippen molar-refractivity contribution in [1.29, 1.82) is 0 Å². The summed E-state index contributed by atoms with van der Waals surface area (Å²) >= 11 is 6.01. The molecule has 0 aliphatic rings.